The summed E-state index contributed by atoms with van der Waals surface area (Å²) in [4.78, 5) is 22.6. The van der Waals surface area contributed by atoms with Crippen molar-refractivity contribution >= 4 is 34.2 Å². The Balaban J connectivity index is 1.57. The molecule has 5 nitrogen and oxygen atoms in total. The lowest BCUT2D eigenvalue weighted by Crippen LogP contribution is -2.16. The van der Waals surface area contributed by atoms with Gasteiger partial charge in [-0.25, -0.2) is 14.4 Å². The fourth-order valence-electron chi connectivity index (χ4n) is 3.29. The predicted octanol–water partition coefficient (Wildman–Crippen LogP) is 5.19. The molecule has 4 rings (SSSR count). The molecule has 4 aromatic rings. The van der Waals surface area contributed by atoms with Gasteiger partial charge in [0.15, 0.2) is 0 Å². The number of thiazole rings is 1. The van der Waals surface area contributed by atoms with Crippen LogP contribution in [0.2, 0.25) is 0 Å². The highest BCUT2D eigenvalue weighted by atomic mass is 32.1. The van der Waals surface area contributed by atoms with Gasteiger partial charge in [0.2, 0.25) is 5.95 Å². The number of fused-ring (bicyclic) bond motifs is 1. The van der Waals surface area contributed by atoms with E-state index in [1.807, 2.05) is 35.8 Å². The summed E-state index contributed by atoms with van der Waals surface area (Å²) in [7, 11) is 0. The number of carbonyl (C=O) groups is 1. The van der Waals surface area contributed by atoms with Crippen molar-refractivity contribution in [1.82, 2.24) is 14.5 Å². The monoisotopic (exact) mass is 408 g/mol. The molecule has 0 aliphatic heterocycles. The van der Waals surface area contributed by atoms with E-state index in [9.17, 15) is 9.18 Å². The maximum Gasteiger partial charge on any atom is 0.269 e. The Bertz CT molecular complexity index is 1160. The minimum atomic E-state index is -0.265. The molecule has 0 unspecified atom stereocenters. The second-order valence-corrected chi connectivity index (χ2v) is 7.94. The van der Waals surface area contributed by atoms with Crippen molar-refractivity contribution in [3.05, 3.63) is 75.5 Å². The van der Waals surface area contributed by atoms with E-state index in [2.05, 4.69) is 22.2 Å². The topological polar surface area (TPSA) is 59.8 Å². The lowest BCUT2D eigenvalue weighted by molar-refractivity contribution is 0.102. The molecule has 1 amide bonds. The zero-order valence-electron chi connectivity index (χ0n) is 16.3. The third-order valence-electron chi connectivity index (χ3n) is 4.64. The van der Waals surface area contributed by atoms with Crippen molar-refractivity contribution in [3.63, 3.8) is 0 Å². The molecule has 148 valence electrons. The number of imidazole rings is 1. The van der Waals surface area contributed by atoms with Gasteiger partial charge in [-0.3, -0.25) is 10.1 Å². The number of rotatable bonds is 6. The van der Waals surface area contributed by atoms with Crippen LogP contribution in [0.5, 0.6) is 0 Å². The van der Waals surface area contributed by atoms with E-state index in [-0.39, 0.29) is 11.7 Å². The average molecular weight is 409 g/mol. The van der Waals surface area contributed by atoms with Crippen molar-refractivity contribution in [1.29, 1.82) is 0 Å². The molecule has 2 aromatic carbocycles. The van der Waals surface area contributed by atoms with E-state index in [0.29, 0.717) is 22.9 Å². The summed E-state index contributed by atoms with van der Waals surface area (Å²) < 4.78 is 15.1. The van der Waals surface area contributed by atoms with Crippen LogP contribution in [-0.2, 0) is 13.0 Å². The summed E-state index contributed by atoms with van der Waals surface area (Å²) in [5.74, 6) is 0.0723. The molecule has 2 aromatic heterocycles. The van der Waals surface area contributed by atoms with Crippen LogP contribution in [0.1, 0.15) is 39.3 Å². The zero-order valence-corrected chi connectivity index (χ0v) is 17.1. The van der Waals surface area contributed by atoms with Gasteiger partial charge < -0.3 is 4.57 Å². The number of carbonyl (C=O) groups excluding carboxylic acids is 1. The van der Waals surface area contributed by atoms with Gasteiger partial charge in [0.25, 0.3) is 5.91 Å². The SMILES string of the molecule is CCCn1c(NC(=O)c2sc(Cc3ccc(F)cc3)nc2C)nc2ccccc21. The van der Waals surface area contributed by atoms with Gasteiger partial charge >= 0.3 is 0 Å². The highest BCUT2D eigenvalue weighted by Gasteiger charge is 2.19. The molecular weight excluding hydrogens is 387 g/mol. The maximum atomic E-state index is 13.1. The summed E-state index contributed by atoms with van der Waals surface area (Å²) in [6.07, 6.45) is 1.50. The van der Waals surface area contributed by atoms with Crippen LogP contribution in [0.15, 0.2) is 48.5 Å². The van der Waals surface area contributed by atoms with Crippen molar-refractivity contribution in [2.75, 3.05) is 5.32 Å². The Morgan fingerprint density at radius 2 is 1.90 bits per heavy atom. The van der Waals surface area contributed by atoms with Gasteiger partial charge in [-0.2, -0.15) is 0 Å². The Morgan fingerprint density at radius 3 is 2.66 bits per heavy atom. The third kappa shape index (κ3) is 4.05. The summed E-state index contributed by atoms with van der Waals surface area (Å²) >= 11 is 1.36. The quantitative estimate of drug-likeness (QED) is 0.477. The van der Waals surface area contributed by atoms with Crippen LogP contribution in [0, 0.1) is 12.7 Å². The number of nitrogens with one attached hydrogen (secondary N) is 1. The predicted molar refractivity (Wildman–Crippen MR) is 114 cm³/mol. The molecule has 2 heterocycles. The van der Waals surface area contributed by atoms with E-state index < -0.39 is 0 Å². The molecule has 29 heavy (non-hydrogen) atoms. The molecule has 1 N–H and O–H groups in total. The Labute approximate surface area is 172 Å². The van der Waals surface area contributed by atoms with Gasteiger partial charge in [-0.15, -0.1) is 11.3 Å². The average Bonchev–Trinajstić information content (AvgIpc) is 3.24. The lowest BCUT2D eigenvalue weighted by Gasteiger charge is -2.08. The second kappa shape index (κ2) is 8.13. The number of para-hydroxylation sites is 2. The lowest BCUT2D eigenvalue weighted by atomic mass is 10.1. The highest BCUT2D eigenvalue weighted by Crippen LogP contribution is 2.24. The van der Waals surface area contributed by atoms with E-state index in [1.165, 1.54) is 23.5 Å². The van der Waals surface area contributed by atoms with Crippen molar-refractivity contribution in [2.45, 2.75) is 33.2 Å². The van der Waals surface area contributed by atoms with Gasteiger partial charge in [0.05, 0.1) is 21.7 Å². The van der Waals surface area contributed by atoms with Gasteiger partial charge in [-0.05, 0) is 43.2 Å². The number of aryl methyl sites for hydroxylation is 2. The van der Waals surface area contributed by atoms with Gasteiger partial charge in [0.1, 0.15) is 10.7 Å². The van der Waals surface area contributed by atoms with Crippen molar-refractivity contribution in [3.8, 4) is 0 Å². The highest BCUT2D eigenvalue weighted by molar-refractivity contribution is 7.14. The fraction of sp³-hybridized carbons (Fsp3) is 0.227. The largest absolute Gasteiger partial charge is 0.310 e. The van der Waals surface area contributed by atoms with Crippen LogP contribution < -0.4 is 5.32 Å². The standard InChI is InChI=1S/C22H21FN4OS/c1-3-12-27-18-7-5-4-6-17(18)25-22(27)26-21(28)20-14(2)24-19(29-20)13-15-8-10-16(23)11-9-15/h4-11H,3,12-13H2,1-2H3,(H,25,26,28). The van der Waals surface area contributed by atoms with Crippen LogP contribution >= 0.6 is 11.3 Å². The molecule has 0 aliphatic rings. The number of hydrogen-bond donors (Lipinski definition) is 1. The molecule has 0 radical (unpaired) electrons. The van der Waals surface area contributed by atoms with Crippen molar-refractivity contribution in [2.24, 2.45) is 0 Å². The number of amides is 1. The van der Waals surface area contributed by atoms with Gasteiger partial charge in [0, 0.05) is 13.0 Å². The van der Waals surface area contributed by atoms with Crippen LogP contribution in [0.3, 0.4) is 0 Å². The molecular formula is C22H21FN4OS. The smallest absolute Gasteiger partial charge is 0.269 e. The Kier molecular flexibility index (Phi) is 5.40. The summed E-state index contributed by atoms with van der Waals surface area (Å²) in [5.41, 5.74) is 3.50. The minimum absolute atomic E-state index is 0.210. The molecule has 0 saturated carbocycles. The summed E-state index contributed by atoms with van der Waals surface area (Å²) in [5, 5.41) is 3.78. The summed E-state index contributed by atoms with van der Waals surface area (Å²) in [6.45, 7) is 4.69. The van der Waals surface area contributed by atoms with Crippen LogP contribution in [0.4, 0.5) is 10.3 Å². The van der Waals surface area contributed by atoms with E-state index in [0.717, 1.165) is 34.6 Å². The molecule has 0 fully saturated rings. The van der Waals surface area contributed by atoms with Crippen LogP contribution in [0.25, 0.3) is 11.0 Å². The van der Waals surface area contributed by atoms with E-state index in [4.69, 9.17) is 0 Å². The first-order valence-electron chi connectivity index (χ1n) is 9.52. The van der Waals surface area contributed by atoms with E-state index in [1.54, 1.807) is 12.1 Å². The zero-order chi connectivity index (χ0) is 20.4. The maximum absolute atomic E-state index is 13.1. The first-order valence-corrected chi connectivity index (χ1v) is 10.3. The molecule has 0 spiro atoms. The number of hydrogen-bond acceptors (Lipinski definition) is 4. The third-order valence-corrected chi connectivity index (χ3v) is 5.80. The fourth-order valence-corrected chi connectivity index (χ4v) is 4.29. The molecule has 0 aliphatic carbocycles. The number of aromatic nitrogens is 3. The Hall–Kier alpha value is -3.06. The van der Waals surface area contributed by atoms with E-state index >= 15 is 0 Å². The number of anilines is 1. The molecule has 0 saturated heterocycles. The Morgan fingerprint density at radius 1 is 1.14 bits per heavy atom. The number of benzene rings is 2. The normalized spacial score (nSPS) is 11.1. The number of nitrogens with zero attached hydrogens (tertiary/aromatic N) is 3. The first kappa shape index (κ1) is 19.3. The second-order valence-electron chi connectivity index (χ2n) is 6.86. The molecule has 7 heteroatoms. The molecule has 0 bridgehead atoms. The first-order chi connectivity index (χ1) is 14.0. The minimum Gasteiger partial charge on any atom is -0.310 e. The number of halogens is 1. The molecule has 0 atom stereocenters. The van der Waals surface area contributed by atoms with Crippen LogP contribution in [-0.4, -0.2) is 20.4 Å². The van der Waals surface area contributed by atoms with Gasteiger partial charge in [-0.1, -0.05) is 31.2 Å². The van der Waals surface area contributed by atoms with Crippen molar-refractivity contribution < 1.29 is 9.18 Å². The summed E-state index contributed by atoms with van der Waals surface area (Å²) in [6, 6.07) is 14.2.